The Kier molecular flexibility index (Phi) is 5.16. The average Bonchev–Trinajstić information content (AvgIpc) is 2.48. The summed E-state index contributed by atoms with van der Waals surface area (Å²) in [4.78, 5) is 0. The standard InChI is InChI=1S/C17H21NO2/c1-13-7-6-10-15(16(13)20-2)17(19)18-12-11-14-8-4-3-5-9-14/h3-10,17-19H,11-12H2,1-2H3. The van der Waals surface area contributed by atoms with Gasteiger partial charge in [-0.05, 0) is 24.5 Å². The van der Waals surface area contributed by atoms with Crippen LogP contribution in [-0.4, -0.2) is 18.8 Å². The molecule has 2 aromatic carbocycles. The maximum Gasteiger partial charge on any atom is 0.134 e. The van der Waals surface area contributed by atoms with Crippen molar-refractivity contribution < 1.29 is 9.84 Å². The van der Waals surface area contributed by atoms with Crippen LogP contribution < -0.4 is 10.1 Å². The van der Waals surface area contributed by atoms with E-state index in [4.69, 9.17) is 4.74 Å². The van der Waals surface area contributed by atoms with Gasteiger partial charge >= 0.3 is 0 Å². The van der Waals surface area contributed by atoms with Gasteiger partial charge in [0, 0.05) is 12.1 Å². The molecule has 0 saturated heterocycles. The van der Waals surface area contributed by atoms with Crippen LogP contribution in [-0.2, 0) is 6.42 Å². The van der Waals surface area contributed by atoms with Gasteiger partial charge in [0.25, 0.3) is 0 Å². The summed E-state index contributed by atoms with van der Waals surface area (Å²) in [7, 11) is 1.63. The summed E-state index contributed by atoms with van der Waals surface area (Å²) in [5, 5.41) is 13.4. The Morgan fingerprint density at radius 1 is 1.10 bits per heavy atom. The smallest absolute Gasteiger partial charge is 0.134 e. The zero-order chi connectivity index (χ0) is 14.4. The van der Waals surface area contributed by atoms with Gasteiger partial charge < -0.3 is 9.84 Å². The third-order valence-corrected chi connectivity index (χ3v) is 3.34. The Hall–Kier alpha value is -1.84. The summed E-state index contributed by atoms with van der Waals surface area (Å²) in [5.74, 6) is 0.743. The highest BCUT2D eigenvalue weighted by Gasteiger charge is 2.13. The number of aliphatic hydroxyl groups excluding tert-OH is 1. The van der Waals surface area contributed by atoms with Crippen molar-refractivity contribution in [1.29, 1.82) is 0 Å². The van der Waals surface area contributed by atoms with Gasteiger partial charge in [0.05, 0.1) is 7.11 Å². The van der Waals surface area contributed by atoms with E-state index in [1.54, 1.807) is 7.11 Å². The number of benzene rings is 2. The fourth-order valence-corrected chi connectivity index (χ4v) is 2.28. The monoisotopic (exact) mass is 271 g/mol. The summed E-state index contributed by atoms with van der Waals surface area (Å²) in [6.45, 7) is 2.68. The molecule has 2 N–H and O–H groups in total. The van der Waals surface area contributed by atoms with Gasteiger partial charge in [0.15, 0.2) is 0 Å². The normalized spacial score (nSPS) is 12.2. The SMILES string of the molecule is COc1c(C)cccc1C(O)NCCc1ccccc1. The van der Waals surface area contributed by atoms with Gasteiger partial charge in [-0.3, -0.25) is 5.32 Å². The summed E-state index contributed by atoms with van der Waals surface area (Å²) in [5.41, 5.74) is 3.05. The first-order valence-corrected chi connectivity index (χ1v) is 6.81. The lowest BCUT2D eigenvalue weighted by atomic mass is 10.1. The lowest BCUT2D eigenvalue weighted by Gasteiger charge is -2.17. The molecule has 0 amide bonds. The third kappa shape index (κ3) is 3.59. The number of para-hydroxylation sites is 1. The van der Waals surface area contributed by atoms with E-state index >= 15 is 0 Å². The molecule has 0 aliphatic carbocycles. The van der Waals surface area contributed by atoms with Gasteiger partial charge in [-0.25, -0.2) is 0 Å². The molecular formula is C17H21NO2. The summed E-state index contributed by atoms with van der Waals surface area (Å²) in [6, 6.07) is 16.0. The van der Waals surface area contributed by atoms with E-state index in [0.29, 0.717) is 6.54 Å². The molecule has 0 radical (unpaired) electrons. The molecule has 2 aromatic rings. The summed E-state index contributed by atoms with van der Waals surface area (Å²) in [6.07, 6.45) is 0.167. The van der Waals surface area contributed by atoms with Crippen molar-refractivity contribution in [2.24, 2.45) is 0 Å². The van der Waals surface area contributed by atoms with E-state index in [-0.39, 0.29) is 0 Å². The van der Waals surface area contributed by atoms with E-state index in [0.717, 1.165) is 23.3 Å². The molecule has 1 atom stereocenters. The maximum absolute atomic E-state index is 10.2. The second-order valence-electron chi connectivity index (χ2n) is 4.79. The number of ether oxygens (including phenoxy) is 1. The minimum Gasteiger partial charge on any atom is -0.496 e. The summed E-state index contributed by atoms with van der Waals surface area (Å²) < 4.78 is 5.36. The quantitative estimate of drug-likeness (QED) is 0.794. The number of methoxy groups -OCH3 is 1. The van der Waals surface area contributed by atoms with Crippen LogP contribution in [0.2, 0.25) is 0 Å². The fourth-order valence-electron chi connectivity index (χ4n) is 2.28. The highest BCUT2D eigenvalue weighted by Crippen LogP contribution is 2.27. The van der Waals surface area contributed by atoms with Crippen LogP contribution in [0.25, 0.3) is 0 Å². The molecule has 0 saturated carbocycles. The molecule has 106 valence electrons. The summed E-state index contributed by atoms with van der Waals surface area (Å²) >= 11 is 0. The Labute approximate surface area is 120 Å². The predicted octanol–water partition coefficient (Wildman–Crippen LogP) is 2.83. The minimum atomic E-state index is -0.714. The minimum absolute atomic E-state index is 0.711. The molecule has 3 nitrogen and oxygen atoms in total. The number of aryl methyl sites for hydroxylation is 1. The lowest BCUT2D eigenvalue weighted by Crippen LogP contribution is -2.24. The Morgan fingerprint density at radius 3 is 2.55 bits per heavy atom. The van der Waals surface area contributed by atoms with Crippen LogP contribution in [0.5, 0.6) is 5.75 Å². The molecule has 1 unspecified atom stereocenters. The molecule has 0 aliphatic rings. The number of hydrogen-bond acceptors (Lipinski definition) is 3. The number of hydrogen-bond donors (Lipinski definition) is 2. The van der Waals surface area contributed by atoms with E-state index < -0.39 is 6.23 Å². The maximum atomic E-state index is 10.2. The van der Waals surface area contributed by atoms with Crippen LogP contribution in [0.3, 0.4) is 0 Å². The first kappa shape index (κ1) is 14.6. The van der Waals surface area contributed by atoms with Crippen LogP contribution in [0, 0.1) is 6.92 Å². The first-order valence-electron chi connectivity index (χ1n) is 6.81. The molecule has 0 aliphatic heterocycles. The van der Waals surface area contributed by atoms with Crippen molar-refractivity contribution in [3.8, 4) is 5.75 Å². The van der Waals surface area contributed by atoms with E-state index in [2.05, 4.69) is 17.4 Å². The van der Waals surface area contributed by atoms with Crippen molar-refractivity contribution in [1.82, 2.24) is 5.32 Å². The van der Waals surface area contributed by atoms with Gasteiger partial charge in [0.2, 0.25) is 0 Å². The van der Waals surface area contributed by atoms with Crippen LogP contribution in [0.4, 0.5) is 0 Å². The molecule has 0 bridgehead atoms. The molecule has 0 heterocycles. The Balaban J connectivity index is 1.95. The second-order valence-corrected chi connectivity index (χ2v) is 4.79. The van der Waals surface area contributed by atoms with E-state index in [9.17, 15) is 5.11 Å². The first-order chi connectivity index (χ1) is 9.72. The topological polar surface area (TPSA) is 41.5 Å². The predicted molar refractivity (Wildman–Crippen MR) is 80.8 cm³/mol. The van der Waals surface area contributed by atoms with Crippen molar-refractivity contribution in [3.63, 3.8) is 0 Å². The molecular weight excluding hydrogens is 250 g/mol. The van der Waals surface area contributed by atoms with Crippen molar-refractivity contribution in [2.45, 2.75) is 19.6 Å². The largest absolute Gasteiger partial charge is 0.496 e. The van der Waals surface area contributed by atoms with Crippen LogP contribution >= 0.6 is 0 Å². The second kappa shape index (κ2) is 7.08. The Morgan fingerprint density at radius 2 is 1.85 bits per heavy atom. The molecule has 0 aromatic heterocycles. The fraction of sp³-hybridized carbons (Fsp3) is 0.294. The third-order valence-electron chi connectivity index (χ3n) is 3.34. The van der Waals surface area contributed by atoms with Crippen molar-refractivity contribution in [2.75, 3.05) is 13.7 Å². The molecule has 2 rings (SSSR count). The number of aliphatic hydroxyl groups is 1. The molecule has 0 spiro atoms. The lowest BCUT2D eigenvalue weighted by molar-refractivity contribution is 0.136. The number of rotatable bonds is 6. The van der Waals surface area contributed by atoms with E-state index in [1.165, 1.54) is 5.56 Å². The van der Waals surface area contributed by atoms with Gasteiger partial charge in [-0.2, -0.15) is 0 Å². The van der Waals surface area contributed by atoms with Gasteiger partial charge in [-0.15, -0.1) is 0 Å². The van der Waals surface area contributed by atoms with E-state index in [1.807, 2.05) is 43.3 Å². The Bertz CT molecular complexity index is 540. The van der Waals surface area contributed by atoms with Crippen LogP contribution in [0.15, 0.2) is 48.5 Å². The number of nitrogens with one attached hydrogen (secondary N) is 1. The highest BCUT2D eigenvalue weighted by atomic mass is 16.5. The van der Waals surface area contributed by atoms with Crippen molar-refractivity contribution >= 4 is 0 Å². The zero-order valence-corrected chi connectivity index (χ0v) is 12.0. The molecule has 0 fully saturated rings. The van der Waals surface area contributed by atoms with Crippen LogP contribution in [0.1, 0.15) is 22.9 Å². The zero-order valence-electron chi connectivity index (χ0n) is 12.0. The van der Waals surface area contributed by atoms with Gasteiger partial charge in [-0.1, -0.05) is 48.5 Å². The highest BCUT2D eigenvalue weighted by molar-refractivity contribution is 5.41. The molecule has 20 heavy (non-hydrogen) atoms. The van der Waals surface area contributed by atoms with Gasteiger partial charge in [0.1, 0.15) is 12.0 Å². The molecule has 3 heteroatoms. The van der Waals surface area contributed by atoms with Crippen molar-refractivity contribution in [3.05, 3.63) is 65.2 Å². The average molecular weight is 271 g/mol.